The van der Waals surface area contributed by atoms with E-state index in [2.05, 4.69) is 25.1 Å². The molecule has 0 saturated heterocycles. The van der Waals surface area contributed by atoms with Gasteiger partial charge in [-0.05, 0) is 31.2 Å². The van der Waals surface area contributed by atoms with E-state index in [0.717, 1.165) is 12.4 Å². The number of aromatic nitrogens is 5. The third kappa shape index (κ3) is 3.29. The molecule has 0 aliphatic rings. The maximum atomic E-state index is 13.6. The second-order valence-electron chi connectivity index (χ2n) is 5.85. The summed E-state index contributed by atoms with van der Waals surface area (Å²) in [6.45, 7) is 1.75. The molecule has 0 radical (unpaired) electrons. The van der Waals surface area contributed by atoms with Gasteiger partial charge >= 0.3 is 0 Å². The van der Waals surface area contributed by atoms with Crippen LogP contribution in [0.4, 0.5) is 8.78 Å². The van der Waals surface area contributed by atoms with E-state index >= 15 is 0 Å². The summed E-state index contributed by atoms with van der Waals surface area (Å²) in [5.74, 6) is -0.126. The molecular weight excluding hydrogens is 368 g/mol. The van der Waals surface area contributed by atoms with Gasteiger partial charge in [-0.25, -0.2) is 18.7 Å². The number of aryl methyl sites for hydroxylation is 1. The zero-order chi connectivity index (χ0) is 19.7. The summed E-state index contributed by atoms with van der Waals surface area (Å²) in [5.41, 5.74) is 2.38. The molecule has 7 nitrogen and oxygen atoms in total. The zero-order valence-corrected chi connectivity index (χ0v) is 14.8. The van der Waals surface area contributed by atoms with Gasteiger partial charge in [-0.2, -0.15) is 4.98 Å². The fraction of sp³-hybridized carbons (Fsp3) is 0.105. The Morgan fingerprint density at radius 3 is 2.54 bits per heavy atom. The molecule has 0 aliphatic carbocycles. The molecule has 0 fully saturated rings. The number of halogens is 2. The first-order chi connectivity index (χ1) is 13.5. The lowest BCUT2D eigenvalue weighted by molar-refractivity contribution is 0.410. The van der Waals surface area contributed by atoms with Crippen molar-refractivity contribution in [3.05, 3.63) is 60.2 Å². The zero-order valence-electron chi connectivity index (χ0n) is 14.8. The molecule has 4 heterocycles. The molecule has 140 valence electrons. The topological polar surface area (TPSA) is 86.8 Å². The second kappa shape index (κ2) is 7.10. The molecule has 4 aromatic heterocycles. The Hall–Kier alpha value is -3.75. The average Bonchev–Trinajstić information content (AvgIpc) is 3.18. The van der Waals surface area contributed by atoms with Gasteiger partial charge in [0, 0.05) is 17.3 Å². The average molecular weight is 381 g/mol. The maximum absolute atomic E-state index is 13.6. The summed E-state index contributed by atoms with van der Waals surface area (Å²) >= 11 is 0. The van der Waals surface area contributed by atoms with Crippen LogP contribution in [0.1, 0.15) is 5.69 Å². The van der Waals surface area contributed by atoms with Crippen molar-refractivity contribution >= 4 is 0 Å². The van der Waals surface area contributed by atoms with Crippen molar-refractivity contribution in [2.24, 2.45) is 0 Å². The molecule has 4 aromatic rings. The molecule has 4 rings (SSSR count). The Morgan fingerprint density at radius 2 is 1.82 bits per heavy atom. The minimum atomic E-state index is -0.474. The van der Waals surface area contributed by atoms with Crippen molar-refractivity contribution in [2.45, 2.75) is 6.92 Å². The van der Waals surface area contributed by atoms with E-state index in [1.807, 2.05) is 0 Å². The third-order valence-electron chi connectivity index (χ3n) is 3.96. The summed E-state index contributed by atoms with van der Waals surface area (Å²) in [6, 6.07) is 5.69. The number of hydrogen-bond acceptors (Lipinski definition) is 7. The van der Waals surface area contributed by atoms with Crippen LogP contribution in [0.2, 0.25) is 0 Å². The van der Waals surface area contributed by atoms with Crippen LogP contribution in [-0.2, 0) is 0 Å². The van der Waals surface area contributed by atoms with E-state index in [-0.39, 0.29) is 11.7 Å². The normalized spacial score (nSPS) is 10.9. The highest BCUT2D eigenvalue weighted by Gasteiger charge is 2.18. The predicted molar refractivity (Wildman–Crippen MR) is 95.2 cm³/mol. The van der Waals surface area contributed by atoms with Crippen molar-refractivity contribution in [1.29, 1.82) is 0 Å². The minimum Gasteiger partial charge on any atom is -0.494 e. The molecule has 0 aliphatic heterocycles. The fourth-order valence-electron chi connectivity index (χ4n) is 2.74. The van der Waals surface area contributed by atoms with Crippen LogP contribution < -0.4 is 4.74 Å². The number of nitrogens with zero attached hydrogens (tertiary/aromatic N) is 5. The Morgan fingerprint density at radius 1 is 0.964 bits per heavy atom. The molecule has 0 amide bonds. The molecular formula is C19H13F2N5O2. The van der Waals surface area contributed by atoms with Crippen LogP contribution in [-0.4, -0.2) is 32.2 Å². The van der Waals surface area contributed by atoms with Crippen LogP contribution >= 0.6 is 0 Å². The lowest BCUT2D eigenvalue weighted by Crippen LogP contribution is -1.97. The molecule has 0 bridgehead atoms. The van der Waals surface area contributed by atoms with Crippen molar-refractivity contribution in [2.75, 3.05) is 7.11 Å². The SMILES string of the molecule is COc1c(-c2cncc(F)c2)cc(-c2nc(-c3ccc(F)cn3)no2)nc1C. The van der Waals surface area contributed by atoms with Gasteiger partial charge in [0.25, 0.3) is 5.89 Å². The highest BCUT2D eigenvalue weighted by atomic mass is 19.1. The Bertz CT molecular complexity index is 1150. The molecule has 0 N–H and O–H groups in total. The van der Waals surface area contributed by atoms with Crippen LogP contribution in [0.5, 0.6) is 5.75 Å². The Labute approximate surface area is 158 Å². The maximum Gasteiger partial charge on any atom is 0.276 e. The third-order valence-corrected chi connectivity index (χ3v) is 3.96. The smallest absolute Gasteiger partial charge is 0.276 e. The van der Waals surface area contributed by atoms with Gasteiger partial charge in [0.1, 0.15) is 28.8 Å². The summed E-state index contributed by atoms with van der Waals surface area (Å²) in [6.07, 6.45) is 3.70. The van der Waals surface area contributed by atoms with Crippen molar-refractivity contribution in [1.82, 2.24) is 25.1 Å². The lowest BCUT2D eigenvalue weighted by Gasteiger charge is -2.12. The van der Waals surface area contributed by atoms with Crippen LogP contribution in [0.15, 0.2) is 47.4 Å². The second-order valence-corrected chi connectivity index (χ2v) is 5.85. The summed E-state index contributed by atoms with van der Waals surface area (Å²) in [7, 11) is 1.50. The van der Waals surface area contributed by atoms with Crippen molar-refractivity contribution in [3.63, 3.8) is 0 Å². The molecule has 0 spiro atoms. The van der Waals surface area contributed by atoms with Gasteiger partial charge in [-0.15, -0.1) is 0 Å². The van der Waals surface area contributed by atoms with E-state index in [1.54, 1.807) is 13.0 Å². The van der Waals surface area contributed by atoms with Crippen LogP contribution in [0.3, 0.4) is 0 Å². The van der Waals surface area contributed by atoms with E-state index in [4.69, 9.17) is 9.26 Å². The standard InChI is InChI=1S/C19H13F2N5O2/c1-10-17(27-2)14(11-5-13(21)8-22-7-11)6-16(24-10)19-25-18(26-28-19)15-4-3-12(20)9-23-15/h3-9H,1-2H3. The molecule has 0 unspecified atom stereocenters. The number of rotatable bonds is 4. The van der Waals surface area contributed by atoms with Crippen molar-refractivity contribution < 1.29 is 18.0 Å². The number of hydrogen-bond donors (Lipinski definition) is 0. The van der Waals surface area contributed by atoms with Crippen molar-refractivity contribution in [3.8, 4) is 40.0 Å². The number of ether oxygens (including phenoxy) is 1. The summed E-state index contributed by atoms with van der Waals surface area (Å²) in [4.78, 5) is 16.5. The minimum absolute atomic E-state index is 0.137. The molecule has 0 aromatic carbocycles. The van der Waals surface area contributed by atoms with Gasteiger partial charge in [0.2, 0.25) is 5.82 Å². The quantitative estimate of drug-likeness (QED) is 0.531. The first-order valence-corrected chi connectivity index (χ1v) is 8.17. The molecule has 9 heteroatoms. The van der Waals surface area contributed by atoms with Gasteiger partial charge in [0.05, 0.1) is 25.2 Å². The predicted octanol–water partition coefficient (Wildman–Crippen LogP) is 3.85. The Kier molecular flexibility index (Phi) is 4.48. The number of methoxy groups -OCH3 is 1. The van der Waals surface area contributed by atoms with Crippen LogP contribution in [0, 0.1) is 18.6 Å². The van der Waals surface area contributed by atoms with Gasteiger partial charge < -0.3 is 9.26 Å². The number of pyridine rings is 3. The molecule has 28 heavy (non-hydrogen) atoms. The summed E-state index contributed by atoms with van der Waals surface area (Å²) in [5, 5.41) is 3.87. The monoisotopic (exact) mass is 381 g/mol. The largest absolute Gasteiger partial charge is 0.494 e. The lowest BCUT2D eigenvalue weighted by atomic mass is 10.0. The fourth-order valence-corrected chi connectivity index (χ4v) is 2.74. The van der Waals surface area contributed by atoms with Crippen LogP contribution in [0.25, 0.3) is 34.2 Å². The Balaban J connectivity index is 1.80. The molecule has 0 atom stereocenters. The van der Waals surface area contributed by atoms with E-state index in [9.17, 15) is 8.78 Å². The van der Waals surface area contributed by atoms with E-state index in [0.29, 0.717) is 34.0 Å². The highest BCUT2D eigenvalue weighted by molar-refractivity contribution is 5.74. The van der Waals surface area contributed by atoms with Gasteiger partial charge in [-0.1, -0.05) is 5.16 Å². The van der Waals surface area contributed by atoms with E-state index < -0.39 is 11.6 Å². The first-order valence-electron chi connectivity index (χ1n) is 8.17. The van der Waals surface area contributed by atoms with Gasteiger partial charge in [-0.3, -0.25) is 4.98 Å². The first kappa shape index (κ1) is 17.7. The van der Waals surface area contributed by atoms with E-state index in [1.165, 1.54) is 31.5 Å². The highest BCUT2D eigenvalue weighted by Crippen LogP contribution is 2.35. The van der Waals surface area contributed by atoms with Gasteiger partial charge in [0.15, 0.2) is 0 Å². The molecule has 0 saturated carbocycles. The summed E-state index contributed by atoms with van der Waals surface area (Å²) < 4.78 is 37.4.